The second-order valence-electron chi connectivity index (χ2n) is 3.11. The van der Waals surface area contributed by atoms with Gasteiger partial charge in [-0.15, -0.1) is 0 Å². The average Bonchev–Trinajstić information content (AvgIpc) is 2.17. The fourth-order valence-electron chi connectivity index (χ4n) is 1.23. The fourth-order valence-corrected chi connectivity index (χ4v) is 1.63. The maximum atomic E-state index is 5.65. The van der Waals surface area contributed by atoms with Gasteiger partial charge in [0.1, 0.15) is 5.82 Å². The standard InChI is InChI=1S/C11H10BrN3/c12-8-2-1-3-10(6-8)15-11-7-9(13)4-5-14-11/h1-7H,(H3,13,14,15). The summed E-state index contributed by atoms with van der Waals surface area (Å²) in [4.78, 5) is 4.16. The van der Waals surface area contributed by atoms with Gasteiger partial charge in [-0.1, -0.05) is 22.0 Å². The van der Waals surface area contributed by atoms with Gasteiger partial charge in [0.25, 0.3) is 0 Å². The van der Waals surface area contributed by atoms with Crippen molar-refractivity contribution in [3.63, 3.8) is 0 Å². The molecule has 2 aromatic rings. The minimum absolute atomic E-state index is 0.697. The van der Waals surface area contributed by atoms with Gasteiger partial charge >= 0.3 is 0 Å². The summed E-state index contributed by atoms with van der Waals surface area (Å²) in [6.45, 7) is 0. The molecule has 0 aliphatic heterocycles. The molecule has 1 aromatic carbocycles. The van der Waals surface area contributed by atoms with E-state index in [-0.39, 0.29) is 0 Å². The summed E-state index contributed by atoms with van der Waals surface area (Å²) in [6.07, 6.45) is 1.68. The lowest BCUT2D eigenvalue weighted by Crippen LogP contribution is -1.94. The van der Waals surface area contributed by atoms with Crippen molar-refractivity contribution in [2.24, 2.45) is 0 Å². The van der Waals surface area contributed by atoms with Gasteiger partial charge in [0.2, 0.25) is 0 Å². The summed E-state index contributed by atoms with van der Waals surface area (Å²) in [5.74, 6) is 0.744. The molecule has 1 heterocycles. The Bertz CT molecular complexity index is 427. The van der Waals surface area contributed by atoms with E-state index in [2.05, 4.69) is 26.2 Å². The molecule has 3 N–H and O–H groups in total. The van der Waals surface area contributed by atoms with E-state index >= 15 is 0 Å². The molecular formula is C11H10BrN3. The van der Waals surface area contributed by atoms with Crippen LogP contribution in [-0.4, -0.2) is 4.98 Å². The second-order valence-corrected chi connectivity index (χ2v) is 4.03. The largest absolute Gasteiger partial charge is 0.399 e. The lowest BCUT2D eigenvalue weighted by Gasteiger charge is -2.05. The first-order valence-electron chi connectivity index (χ1n) is 4.48. The SMILES string of the molecule is Nc1ccnc(Nc2cccc(Br)c2)c1. The molecule has 1 aromatic heterocycles. The van der Waals surface area contributed by atoms with E-state index < -0.39 is 0 Å². The molecule has 4 heteroatoms. The Morgan fingerprint density at radius 3 is 2.80 bits per heavy atom. The molecule has 15 heavy (non-hydrogen) atoms. The normalized spacial score (nSPS) is 9.93. The first-order valence-corrected chi connectivity index (χ1v) is 5.27. The molecule has 0 aliphatic carbocycles. The van der Waals surface area contributed by atoms with Crippen molar-refractivity contribution in [3.8, 4) is 0 Å². The number of hydrogen-bond acceptors (Lipinski definition) is 3. The number of nitrogens with zero attached hydrogens (tertiary/aromatic N) is 1. The van der Waals surface area contributed by atoms with Crippen molar-refractivity contribution in [3.05, 3.63) is 47.1 Å². The second kappa shape index (κ2) is 4.31. The summed E-state index contributed by atoms with van der Waals surface area (Å²) in [7, 11) is 0. The summed E-state index contributed by atoms with van der Waals surface area (Å²) < 4.78 is 1.02. The van der Waals surface area contributed by atoms with Crippen molar-refractivity contribution in [1.29, 1.82) is 0 Å². The third-order valence-electron chi connectivity index (χ3n) is 1.88. The zero-order chi connectivity index (χ0) is 10.7. The number of nitrogens with two attached hydrogens (primary N) is 1. The van der Waals surface area contributed by atoms with E-state index in [1.165, 1.54) is 0 Å². The van der Waals surface area contributed by atoms with Crippen LogP contribution in [0.15, 0.2) is 47.1 Å². The monoisotopic (exact) mass is 263 g/mol. The van der Waals surface area contributed by atoms with Crippen LogP contribution < -0.4 is 11.1 Å². The first-order chi connectivity index (χ1) is 7.24. The number of anilines is 3. The highest BCUT2D eigenvalue weighted by Gasteiger charge is 1.96. The number of pyridine rings is 1. The summed E-state index contributed by atoms with van der Waals surface area (Å²) in [6, 6.07) is 11.4. The lowest BCUT2D eigenvalue weighted by molar-refractivity contribution is 1.31. The van der Waals surface area contributed by atoms with Crippen LogP contribution in [0, 0.1) is 0 Å². The van der Waals surface area contributed by atoms with Gasteiger partial charge in [-0.2, -0.15) is 0 Å². The van der Waals surface area contributed by atoms with E-state index in [1.807, 2.05) is 24.3 Å². The van der Waals surface area contributed by atoms with Crippen LogP contribution in [0.4, 0.5) is 17.2 Å². The van der Waals surface area contributed by atoms with Crippen molar-refractivity contribution in [2.75, 3.05) is 11.1 Å². The van der Waals surface area contributed by atoms with Crippen molar-refractivity contribution in [1.82, 2.24) is 4.98 Å². The molecule has 0 radical (unpaired) electrons. The maximum absolute atomic E-state index is 5.65. The lowest BCUT2D eigenvalue weighted by atomic mass is 10.3. The van der Waals surface area contributed by atoms with Crippen LogP contribution in [0.5, 0.6) is 0 Å². The molecule has 0 amide bonds. The number of aromatic nitrogens is 1. The van der Waals surface area contributed by atoms with Crippen LogP contribution in [0.25, 0.3) is 0 Å². The van der Waals surface area contributed by atoms with E-state index in [0.29, 0.717) is 5.69 Å². The topological polar surface area (TPSA) is 50.9 Å². The number of halogens is 1. The van der Waals surface area contributed by atoms with Gasteiger partial charge in [-0.05, 0) is 24.3 Å². The summed E-state index contributed by atoms with van der Waals surface area (Å²) >= 11 is 3.40. The van der Waals surface area contributed by atoms with Gasteiger partial charge < -0.3 is 11.1 Å². The molecule has 0 atom stereocenters. The van der Waals surface area contributed by atoms with Crippen LogP contribution in [-0.2, 0) is 0 Å². The molecular weight excluding hydrogens is 254 g/mol. The van der Waals surface area contributed by atoms with E-state index in [4.69, 9.17) is 5.73 Å². The van der Waals surface area contributed by atoms with Crippen LogP contribution in [0.2, 0.25) is 0 Å². The van der Waals surface area contributed by atoms with E-state index in [0.717, 1.165) is 16.0 Å². The van der Waals surface area contributed by atoms with Gasteiger partial charge in [-0.25, -0.2) is 4.98 Å². The Balaban J connectivity index is 2.22. The first kappa shape index (κ1) is 9.98. The predicted molar refractivity (Wildman–Crippen MR) is 66.1 cm³/mol. The zero-order valence-electron chi connectivity index (χ0n) is 7.94. The van der Waals surface area contributed by atoms with Crippen molar-refractivity contribution in [2.45, 2.75) is 0 Å². The number of rotatable bonds is 2. The Hall–Kier alpha value is -1.55. The molecule has 0 unspecified atom stereocenters. The van der Waals surface area contributed by atoms with Crippen molar-refractivity contribution >= 4 is 33.1 Å². The molecule has 0 saturated carbocycles. The van der Waals surface area contributed by atoms with Gasteiger partial charge in [0.15, 0.2) is 0 Å². The predicted octanol–water partition coefficient (Wildman–Crippen LogP) is 3.17. The number of hydrogen-bond donors (Lipinski definition) is 2. The Kier molecular flexibility index (Phi) is 2.87. The van der Waals surface area contributed by atoms with Crippen LogP contribution in [0.3, 0.4) is 0 Å². The highest BCUT2D eigenvalue weighted by atomic mass is 79.9. The van der Waals surface area contributed by atoms with Gasteiger partial charge in [0.05, 0.1) is 0 Å². The maximum Gasteiger partial charge on any atom is 0.132 e. The average molecular weight is 264 g/mol. The smallest absolute Gasteiger partial charge is 0.132 e. The quantitative estimate of drug-likeness (QED) is 0.875. The molecule has 0 aliphatic rings. The molecule has 2 rings (SSSR count). The minimum Gasteiger partial charge on any atom is -0.399 e. The highest BCUT2D eigenvalue weighted by Crippen LogP contribution is 2.19. The molecule has 3 nitrogen and oxygen atoms in total. The van der Waals surface area contributed by atoms with Gasteiger partial charge in [-0.3, -0.25) is 0 Å². The third-order valence-corrected chi connectivity index (χ3v) is 2.37. The summed E-state index contributed by atoms with van der Waals surface area (Å²) in [5, 5.41) is 3.16. The Labute approximate surface area is 96.5 Å². The molecule has 76 valence electrons. The van der Waals surface area contributed by atoms with E-state index in [1.54, 1.807) is 18.3 Å². The molecule has 0 spiro atoms. The number of benzene rings is 1. The minimum atomic E-state index is 0.697. The molecule has 0 saturated heterocycles. The van der Waals surface area contributed by atoms with E-state index in [9.17, 15) is 0 Å². The van der Waals surface area contributed by atoms with Crippen LogP contribution in [0.1, 0.15) is 0 Å². The Morgan fingerprint density at radius 1 is 1.20 bits per heavy atom. The molecule has 0 fully saturated rings. The Morgan fingerprint density at radius 2 is 2.07 bits per heavy atom. The van der Waals surface area contributed by atoms with Crippen molar-refractivity contribution < 1.29 is 0 Å². The number of nitrogen functional groups attached to an aromatic ring is 1. The third kappa shape index (κ3) is 2.70. The number of nitrogens with one attached hydrogen (secondary N) is 1. The molecule has 0 bridgehead atoms. The van der Waals surface area contributed by atoms with Crippen LogP contribution >= 0.6 is 15.9 Å². The van der Waals surface area contributed by atoms with Gasteiger partial charge in [0, 0.05) is 28.1 Å². The summed E-state index contributed by atoms with van der Waals surface area (Å²) in [5.41, 5.74) is 7.32. The highest BCUT2D eigenvalue weighted by molar-refractivity contribution is 9.10. The zero-order valence-corrected chi connectivity index (χ0v) is 9.53. The fraction of sp³-hybridized carbons (Fsp3) is 0.